The summed E-state index contributed by atoms with van der Waals surface area (Å²) in [5.41, 5.74) is 1.32. The van der Waals surface area contributed by atoms with Gasteiger partial charge in [-0.2, -0.15) is 0 Å². The molecule has 1 N–H and O–H groups in total. The highest BCUT2D eigenvalue weighted by Gasteiger charge is 2.17. The first-order valence-corrected chi connectivity index (χ1v) is 7.58. The second-order valence-corrected chi connectivity index (χ2v) is 5.68. The third-order valence-electron chi connectivity index (χ3n) is 4.19. The van der Waals surface area contributed by atoms with Crippen LogP contribution in [0.1, 0.15) is 69.2 Å². The molecular formula is C16H27NO. The minimum atomic E-state index is 0.481. The molecular weight excluding hydrogens is 222 g/mol. The van der Waals surface area contributed by atoms with Crippen LogP contribution < -0.4 is 5.32 Å². The normalized spacial score (nSPS) is 19.0. The summed E-state index contributed by atoms with van der Waals surface area (Å²) in [6.45, 7) is 5.23. The Labute approximate surface area is 111 Å². The molecule has 2 rings (SSSR count). The molecule has 1 fully saturated rings. The van der Waals surface area contributed by atoms with Crippen molar-refractivity contribution >= 4 is 0 Å². The second-order valence-electron chi connectivity index (χ2n) is 5.68. The number of aryl methyl sites for hydroxylation is 1. The van der Waals surface area contributed by atoms with Crippen LogP contribution in [0.2, 0.25) is 0 Å². The Kier molecular flexibility index (Phi) is 5.30. The zero-order valence-corrected chi connectivity index (χ0v) is 11.9. The lowest BCUT2D eigenvalue weighted by Crippen LogP contribution is -2.21. The average molecular weight is 249 g/mol. The van der Waals surface area contributed by atoms with Gasteiger partial charge >= 0.3 is 0 Å². The lowest BCUT2D eigenvalue weighted by Gasteiger charge is -2.24. The van der Waals surface area contributed by atoms with Gasteiger partial charge in [0.15, 0.2) is 0 Å². The molecule has 0 saturated heterocycles. The van der Waals surface area contributed by atoms with Gasteiger partial charge in [-0.05, 0) is 38.3 Å². The third kappa shape index (κ3) is 3.88. The van der Waals surface area contributed by atoms with E-state index in [1.54, 1.807) is 0 Å². The summed E-state index contributed by atoms with van der Waals surface area (Å²) in [6.07, 6.45) is 11.8. The summed E-state index contributed by atoms with van der Waals surface area (Å²) in [5.74, 6) is 1.98. The predicted molar refractivity (Wildman–Crippen MR) is 75.7 cm³/mol. The minimum absolute atomic E-state index is 0.481. The van der Waals surface area contributed by atoms with Crippen molar-refractivity contribution < 1.29 is 4.42 Å². The molecule has 0 radical (unpaired) electrons. The monoisotopic (exact) mass is 249 g/mol. The maximum absolute atomic E-state index is 5.44. The molecule has 1 saturated carbocycles. The van der Waals surface area contributed by atoms with Crippen molar-refractivity contribution in [3.05, 3.63) is 23.7 Å². The Balaban J connectivity index is 1.85. The van der Waals surface area contributed by atoms with E-state index in [0.29, 0.717) is 6.04 Å². The predicted octanol–water partition coefficient (Wildman–Crippen LogP) is 4.60. The molecule has 1 heterocycles. The number of rotatable bonds is 6. The van der Waals surface area contributed by atoms with Gasteiger partial charge in [0.25, 0.3) is 0 Å². The van der Waals surface area contributed by atoms with Crippen LogP contribution in [0.3, 0.4) is 0 Å². The van der Waals surface area contributed by atoms with Crippen molar-refractivity contribution in [2.24, 2.45) is 5.92 Å². The van der Waals surface area contributed by atoms with E-state index >= 15 is 0 Å². The molecule has 102 valence electrons. The van der Waals surface area contributed by atoms with Crippen LogP contribution >= 0.6 is 0 Å². The molecule has 0 aromatic carbocycles. The molecule has 0 aliphatic heterocycles. The highest BCUT2D eigenvalue weighted by atomic mass is 16.3. The summed E-state index contributed by atoms with van der Waals surface area (Å²) < 4.78 is 5.44. The van der Waals surface area contributed by atoms with Gasteiger partial charge in [-0.25, -0.2) is 0 Å². The van der Waals surface area contributed by atoms with E-state index in [4.69, 9.17) is 4.42 Å². The van der Waals surface area contributed by atoms with Gasteiger partial charge in [0, 0.05) is 11.6 Å². The van der Waals surface area contributed by atoms with Crippen LogP contribution in [-0.4, -0.2) is 6.54 Å². The first-order chi connectivity index (χ1) is 8.79. The minimum Gasteiger partial charge on any atom is -0.469 e. The molecule has 0 amide bonds. The zero-order chi connectivity index (χ0) is 12.8. The average Bonchev–Trinajstić information content (AvgIpc) is 2.82. The fourth-order valence-electron chi connectivity index (χ4n) is 3.16. The van der Waals surface area contributed by atoms with Crippen LogP contribution in [-0.2, 0) is 0 Å². The Morgan fingerprint density at radius 3 is 2.72 bits per heavy atom. The third-order valence-corrected chi connectivity index (χ3v) is 4.19. The van der Waals surface area contributed by atoms with Crippen molar-refractivity contribution in [1.82, 2.24) is 5.32 Å². The fourth-order valence-corrected chi connectivity index (χ4v) is 3.16. The molecule has 0 spiro atoms. The molecule has 2 heteroatoms. The Morgan fingerprint density at radius 1 is 1.33 bits per heavy atom. The number of furan rings is 1. The van der Waals surface area contributed by atoms with Gasteiger partial charge in [-0.1, -0.05) is 39.0 Å². The van der Waals surface area contributed by atoms with E-state index in [2.05, 4.69) is 18.3 Å². The molecule has 1 aliphatic rings. The molecule has 1 aromatic heterocycles. The second kappa shape index (κ2) is 6.98. The van der Waals surface area contributed by atoms with Crippen LogP contribution in [0.15, 0.2) is 16.7 Å². The molecule has 1 aliphatic carbocycles. The van der Waals surface area contributed by atoms with Crippen LogP contribution in [0, 0.1) is 12.8 Å². The van der Waals surface area contributed by atoms with Crippen LogP contribution in [0.25, 0.3) is 0 Å². The van der Waals surface area contributed by atoms with Gasteiger partial charge in [-0.15, -0.1) is 0 Å². The number of nitrogens with one attached hydrogen (secondary N) is 1. The van der Waals surface area contributed by atoms with Gasteiger partial charge in [0.1, 0.15) is 5.76 Å². The SMILES string of the molecule is CCNC(CCC1CCCCC1)c1coc(C)c1. The van der Waals surface area contributed by atoms with E-state index in [0.717, 1.165) is 18.2 Å². The Hall–Kier alpha value is -0.760. The van der Waals surface area contributed by atoms with Gasteiger partial charge in [0.05, 0.1) is 6.26 Å². The molecule has 1 aromatic rings. The van der Waals surface area contributed by atoms with Crippen molar-refractivity contribution in [1.29, 1.82) is 0 Å². The topological polar surface area (TPSA) is 25.2 Å². The van der Waals surface area contributed by atoms with E-state index in [1.165, 1.54) is 50.5 Å². The van der Waals surface area contributed by atoms with Crippen LogP contribution in [0.5, 0.6) is 0 Å². The lowest BCUT2D eigenvalue weighted by molar-refractivity contribution is 0.315. The summed E-state index contributed by atoms with van der Waals surface area (Å²) in [7, 11) is 0. The summed E-state index contributed by atoms with van der Waals surface area (Å²) in [4.78, 5) is 0. The first-order valence-electron chi connectivity index (χ1n) is 7.58. The maximum atomic E-state index is 5.44. The quantitative estimate of drug-likeness (QED) is 0.797. The summed E-state index contributed by atoms with van der Waals surface area (Å²) in [5, 5.41) is 3.59. The number of hydrogen-bond acceptors (Lipinski definition) is 2. The molecule has 18 heavy (non-hydrogen) atoms. The first kappa shape index (κ1) is 13.7. The summed E-state index contributed by atoms with van der Waals surface area (Å²) in [6, 6.07) is 2.66. The van der Waals surface area contributed by atoms with E-state index < -0.39 is 0 Å². The van der Waals surface area contributed by atoms with Crippen molar-refractivity contribution in [3.63, 3.8) is 0 Å². The fraction of sp³-hybridized carbons (Fsp3) is 0.750. The smallest absolute Gasteiger partial charge is 0.101 e. The van der Waals surface area contributed by atoms with Crippen molar-refractivity contribution in [2.75, 3.05) is 6.54 Å². The molecule has 1 unspecified atom stereocenters. The lowest BCUT2D eigenvalue weighted by atomic mass is 9.84. The zero-order valence-electron chi connectivity index (χ0n) is 11.9. The van der Waals surface area contributed by atoms with Crippen molar-refractivity contribution in [2.45, 2.75) is 64.8 Å². The molecule has 1 atom stereocenters. The Morgan fingerprint density at radius 2 is 2.11 bits per heavy atom. The largest absolute Gasteiger partial charge is 0.469 e. The summed E-state index contributed by atoms with van der Waals surface area (Å²) >= 11 is 0. The van der Waals surface area contributed by atoms with Crippen molar-refractivity contribution in [3.8, 4) is 0 Å². The highest BCUT2D eigenvalue weighted by Crippen LogP contribution is 2.30. The number of hydrogen-bond donors (Lipinski definition) is 1. The van der Waals surface area contributed by atoms with E-state index in [9.17, 15) is 0 Å². The standard InChI is InChI=1S/C16H27NO/c1-3-17-16(15-11-13(2)18-12-15)10-9-14-7-5-4-6-8-14/h11-12,14,16-17H,3-10H2,1-2H3. The molecule has 2 nitrogen and oxygen atoms in total. The Bertz CT molecular complexity index is 339. The van der Waals surface area contributed by atoms with Gasteiger partial charge in [0.2, 0.25) is 0 Å². The molecule has 0 bridgehead atoms. The van der Waals surface area contributed by atoms with E-state index in [1.807, 2.05) is 13.2 Å². The van der Waals surface area contributed by atoms with Gasteiger partial charge < -0.3 is 9.73 Å². The van der Waals surface area contributed by atoms with Gasteiger partial charge in [-0.3, -0.25) is 0 Å². The van der Waals surface area contributed by atoms with E-state index in [-0.39, 0.29) is 0 Å². The highest BCUT2D eigenvalue weighted by molar-refractivity contribution is 5.16. The maximum Gasteiger partial charge on any atom is 0.101 e. The van der Waals surface area contributed by atoms with Crippen LogP contribution in [0.4, 0.5) is 0 Å².